The Morgan fingerprint density at radius 3 is 2.79 bits per heavy atom. The Kier molecular flexibility index (Phi) is 3.85. The van der Waals surface area contributed by atoms with Gasteiger partial charge in [-0.05, 0) is 6.92 Å². The maximum Gasteiger partial charge on any atom is 0.330 e. The molecule has 1 aliphatic rings. The number of hydrogen-bond acceptors (Lipinski definition) is 6. The van der Waals surface area contributed by atoms with Crippen LogP contribution in [0.25, 0.3) is 0 Å². The van der Waals surface area contributed by atoms with Crippen molar-refractivity contribution in [3.05, 3.63) is 32.6 Å². The van der Waals surface area contributed by atoms with E-state index in [2.05, 4.69) is 4.98 Å². The number of aryl methyl sites for hydroxylation is 1. The predicted molar refractivity (Wildman–Crippen MR) is 63.7 cm³/mol. The van der Waals surface area contributed by atoms with Gasteiger partial charge in [0.15, 0.2) is 0 Å². The zero-order chi connectivity index (χ0) is 14.2. The molecular formula is C11H16N2O6. The van der Waals surface area contributed by atoms with Gasteiger partial charge in [-0.15, -0.1) is 0 Å². The summed E-state index contributed by atoms with van der Waals surface area (Å²) in [6.45, 7) is 1.05. The average Bonchev–Trinajstić information content (AvgIpc) is 2.37. The summed E-state index contributed by atoms with van der Waals surface area (Å²) < 4.78 is 6.49. The fourth-order valence-corrected chi connectivity index (χ4v) is 2.06. The van der Waals surface area contributed by atoms with Crippen molar-refractivity contribution < 1.29 is 20.1 Å². The molecule has 0 aliphatic carbocycles. The molecule has 0 bridgehead atoms. The smallest absolute Gasteiger partial charge is 0.330 e. The lowest BCUT2D eigenvalue weighted by molar-refractivity contribution is -0.202. The zero-order valence-corrected chi connectivity index (χ0v) is 10.3. The lowest BCUT2D eigenvalue weighted by Crippen LogP contribution is -2.50. The first-order valence-corrected chi connectivity index (χ1v) is 5.88. The fraction of sp³-hybridized carbons (Fsp3) is 0.636. The molecule has 0 saturated carbocycles. The van der Waals surface area contributed by atoms with Crippen LogP contribution in [0.1, 0.15) is 18.2 Å². The van der Waals surface area contributed by atoms with E-state index in [0.717, 1.165) is 4.57 Å². The number of nitrogens with zero attached hydrogens (tertiary/aromatic N) is 1. The van der Waals surface area contributed by atoms with Crippen molar-refractivity contribution in [3.8, 4) is 0 Å². The van der Waals surface area contributed by atoms with Gasteiger partial charge in [0.2, 0.25) is 0 Å². The first-order valence-electron chi connectivity index (χ1n) is 5.88. The monoisotopic (exact) mass is 272 g/mol. The number of H-pyrrole nitrogens is 1. The van der Waals surface area contributed by atoms with Gasteiger partial charge in [0.25, 0.3) is 5.56 Å². The number of rotatable bonds is 2. The Labute approximate surface area is 107 Å². The quantitative estimate of drug-likeness (QED) is 0.486. The number of nitrogens with one attached hydrogen (secondary N) is 1. The second-order valence-corrected chi connectivity index (χ2v) is 4.58. The molecular weight excluding hydrogens is 256 g/mol. The van der Waals surface area contributed by atoms with Crippen LogP contribution in [0.3, 0.4) is 0 Å². The van der Waals surface area contributed by atoms with E-state index in [1.54, 1.807) is 0 Å². The third-order valence-corrected chi connectivity index (χ3v) is 3.19. The van der Waals surface area contributed by atoms with Crippen LogP contribution < -0.4 is 11.2 Å². The van der Waals surface area contributed by atoms with Crippen molar-refractivity contribution in [2.45, 2.75) is 37.9 Å². The normalized spacial score (nSPS) is 31.4. The van der Waals surface area contributed by atoms with E-state index in [0.29, 0.717) is 5.56 Å². The van der Waals surface area contributed by atoms with Crippen LogP contribution in [0.2, 0.25) is 0 Å². The molecule has 4 atom stereocenters. The van der Waals surface area contributed by atoms with E-state index in [9.17, 15) is 19.8 Å². The van der Waals surface area contributed by atoms with Gasteiger partial charge >= 0.3 is 5.69 Å². The average molecular weight is 272 g/mol. The van der Waals surface area contributed by atoms with Crippen LogP contribution >= 0.6 is 0 Å². The van der Waals surface area contributed by atoms with Gasteiger partial charge in [-0.1, -0.05) is 0 Å². The highest BCUT2D eigenvalue weighted by Gasteiger charge is 2.37. The van der Waals surface area contributed by atoms with E-state index in [1.807, 2.05) is 0 Å². The van der Waals surface area contributed by atoms with Crippen molar-refractivity contribution in [2.75, 3.05) is 6.61 Å². The standard InChI is InChI=1S/C11H16N2O6/c1-5-3-13(11(18)12-10(5)17)8-2-6(15)9(16)7(4-14)19-8/h3,6-9,14-16H,2,4H2,1H3,(H,12,17,18)/t6-,7+,8-,9+/m1/s1. The third-order valence-electron chi connectivity index (χ3n) is 3.19. The van der Waals surface area contributed by atoms with Gasteiger partial charge in [-0.3, -0.25) is 14.3 Å². The molecule has 1 aliphatic heterocycles. The Hall–Kier alpha value is -1.48. The van der Waals surface area contributed by atoms with Crippen molar-refractivity contribution in [1.82, 2.24) is 9.55 Å². The van der Waals surface area contributed by atoms with E-state index >= 15 is 0 Å². The van der Waals surface area contributed by atoms with Crippen LogP contribution in [0.4, 0.5) is 0 Å². The number of hydrogen-bond donors (Lipinski definition) is 4. The molecule has 0 unspecified atom stereocenters. The molecule has 2 heterocycles. The van der Waals surface area contributed by atoms with Crippen LogP contribution in [-0.2, 0) is 4.74 Å². The molecule has 2 rings (SSSR count). The number of aromatic amines is 1. The van der Waals surface area contributed by atoms with Crippen LogP contribution in [0, 0.1) is 6.92 Å². The Bertz CT molecular complexity index is 565. The Morgan fingerprint density at radius 2 is 2.16 bits per heavy atom. The van der Waals surface area contributed by atoms with Crippen molar-refractivity contribution in [2.24, 2.45) is 0 Å². The molecule has 1 fully saturated rings. The van der Waals surface area contributed by atoms with Gasteiger partial charge in [-0.2, -0.15) is 0 Å². The van der Waals surface area contributed by atoms with Crippen molar-refractivity contribution in [3.63, 3.8) is 0 Å². The molecule has 19 heavy (non-hydrogen) atoms. The zero-order valence-electron chi connectivity index (χ0n) is 10.3. The summed E-state index contributed by atoms with van der Waals surface area (Å²) in [4.78, 5) is 25.1. The van der Waals surface area contributed by atoms with Gasteiger partial charge in [0.1, 0.15) is 18.4 Å². The summed E-state index contributed by atoms with van der Waals surface area (Å²) >= 11 is 0. The first kappa shape index (κ1) is 13.9. The fourth-order valence-electron chi connectivity index (χ4n) is 2.06. The molecule has 1 aromatic rings. The van der Waals surface area contributed by atoms with Crippen molar-refractivity contribution in [1.29, 1.82) is 0 Å². The van der Waals surface area contributed by atoms with Crippen molar-refractivity contribution >= 4 is 0 Å². The summed E-state index contributed by atoms with van der Waals surface area (Å²) in [6.07, 6.45) is -2.84. The number of aliphatic hydroxyl groups is 3. The molecule has 1 saturated heterocycles. The lowest BCUT2D eigenvalue weighted by Gasteiger charge is -2.36. The highest BCUT2D eigenvalue weighted by Crippen LogP contribution is 2.26. The lowest BCUT2D eigenvalue weighted by atomic mass is 10.0. The molecule has 8 nitrogen and oxygen atoms in total. The molecule has 0 radical (unpaired) electrons. The number of aromatic nitrogens is 2. The predicted octanol–water partition coefficient (Wildman–Crippen LogP) is -2.15. The van der Waals surface area contributed by atoms with E-state index in [-0.39, 0.29) is 6.42 Å². The summed E-state index contributed by atoms with van der Waals surface area (Å²) in [5.74, 6) is 0. The van der Waals surface area contributed by atoms with Gasteiger partial charge in [0.05, 0.1) is 12.7 Å². The minimum absolute atomic E-state index is 0.0109. The first-order chi connectivity index (χ1) is 8.93. The van der Waals surface area contributed by atoms with E-state index < -0.39 is 42.4 Å². The Balaban J connectivity index is 2.35. The summed E-state index contributed by atoms with van der Waals surface area (Å²) in [7, 11) is 0. The summed E-state index contributed by atoms with van der Waals surface area (Å²) in [5.41, 5.74) is -0.832. The Morgan fingerprint density at radius 1 is 1.47 bits per heavy atom. The van der Waals surface area contributed by atoms with E-state index in [1.165, 1.54) is 13.1 Å². The van der Waals surface area contributed by atoms with Crippen LogP contribution in [-0.4, -0.2) is 49.8 Å². The maximum absolute atomic E-state index is 11.7. The van der Waals surface area contributed by atoms with E-state index in [4.69, 9.17) is 9.84 Å². The molecule has 106 valence electrons. The van der Waals surface area contributed by atoms with Gasteiger partial charge in [0, 0.05) is 18.2 Å². The summed E-state index contributed by atoms with van der Waals surface area (Å²) in [6, 6.07) is 0. The third kappa shape index (κ3) is 2.61. The van der Waals surface area contributed by atoms with Gasteiger partial charge in [-0.25, -0.2) is 4.79 Å². The molecule has 1 aromatic heterocycles. The minimum atomic E-state index is -1.21. The molecule has 8 heteroatoms. The summed E-state index contributed by atoms with van der Waals surface area (Å²) in [5, 5.41) is 28.4. The molecule has 0 amide bonds. The van der Waals surface area contributed by atoms with Crippen LogP contribution in [0.5, 0.6) is 0 Å². The number of aliphatic hydroxyl groups excluding tert-OH is 3. The SMILES string of the molecule is Cc1cn([C@H]2C[C@@H](O)[C@H](O)[C@H](CO)O2)c(=O)[nH]c1=O. The topological polar surface area (TPSA) is 125 Å². The molecule has 4 N–H and O–H groups in total. The second-order valence-electron chi connectivity index (χ2n) is 4.58. The highest BCUT2D eigenvalue weighted by molar-refractivity contribution is 5.02. The second kappa shape index (κ2) is 5.25. The molecule has 0 aromatic carbocycles. The number of ether oxygens (including phenoxy) is 1. The molecule has 0 spiro atoms. The largest absolute Gasteiger partial charge is 0.394 e. The van der Waals surface area contributed by atoms with Gasteiger partial charge < -0.3 is 20.1 Å². The van der Waals surface area contributed by atoms with Crippen LogP contribution in [0.15, 0.2) is 15.8 Å². The maximum atomic E-state index is 11.7. The highest BCUT2D eigenvalue weighted by atomic mass is 16.5. The minimum Gasteiger partial charge on any atom is -0.394 e.